The largest absolute Gasteiger partial charge is 0.306 e. The van der Waals surface area contributed by atoms with Crippen LogP contribution < -0.4 is 5.32 Å². The highest BCUT2D eigenvalue weighted by Crippen LogP contribution is 2.18. The molecule has 2 aromatic carbocycles. The second-order valence-electron chi connectivity index (χ2n) is 4.29. The maximum absolute atomic E-state index is 3.53. The molecular weight excluding hydrogens is 354 g/mol. The van der Waals surface area contributed by atoms with Crippen LogP contribution >= 0.6 is 31.9 Å². The van der Waals surface area contributed by atoms with E-state index in [0.717, 1.165) is 15.5 Å². The molecule has 0 aromatic heterocycles. The van der Waals surface area contributed by atoms with Gasteiger partial charge in [0.1, 0.15) is 0 Å². The molecule has 0 aliphatic heterocycles. The molecule has 1 nitrogen and oxygen atoms in total. The van der Waals surface area contributed by atoms with Crippen LogP contribution in [0.5, 0.6) is 0 Å². The first-order valence-corrected chi connectivity index (χ1v) is 7.47. The molecule has 0 unspecified atom stereocenters. The van der Waals surface area contributed by atoms with Crippen LogP contribution in [0.15, 0.2) is 57.5 Å². The normalized spacial score (nSPS) is 12.4. The molecular formula is C15H15Br2N. The van der Waals surface area contributed by atoms with Crippen molar-refractivity contribution in [3.63, 3.8) is 0 Å². The molecule has 0 radical (unpaired) electrons. The van der Waals surface area contributed by atoms with Gasteiger partial charge in [0.05, 0.1) is 0 Å². The van der Waals surface area contributed by atoms with Crippen molar-refractivity contribution in [3.05, 3.63) is 68.6 Å². The van der Waals surface area contributed by atoms with Gasteiger partial charge in [-0.2, -0.15) is 0 Å². The summed E-state index contributed by atoms with van der Waals surface area (Å²) in [6.07, 6.45) is 0. The Kier molecular flexibility index (Phi) is 4.98. The summed E-state index contributed by atoms with van der Waals surface area (Å²) >= 11 is 6.99. The number of rotatable bonds is 4. The first-order valence-electron chi connectivity index (χ1n) is 5.88. The molecule has 0 bridgehead atoms. The molecule has 0 saturated heterocycles. The third kappa shape index (κ3) is 3.94. The number of hydrogen-bond acceptors (Lipinski definition) is 1. The molecule has 2 aromatic rings. The molecule has 0 spiro atoms. The van der Waals surface area contributed by atoms with Crippen molar-refractivity contribution in [2.75, 3.05) is 0 Å². The zero-order valence-corrected chi connectivity index (χ0v) is 13.3. The fourth-order valence-corrected chi connectivity index (χ4v) is 2.68. The first kappa shape index (κ1) is 13.8. The molecule has 1 N–H and O–H groups in total. The van der Waals surface area contributed by atoms with E-state index >= 15 is 0 Å². The lowest BCUT2D eigenvalue weighted by molar-refractivity contribution is 0.574. The highest BCUT2D eigenvalue weighted by molar-refractivity contribution is 9.10. The van der Waals surface area contributed by atoms with Gasteiger partial charge in [-0.1, -0.05) is 56.1 Å². The van der Waals surface area contributed by atoms with Gasteiger partial charge in [-0.05, 0) is 42.3 Å². The van der Waals surface area contributed by atoms with E-state index in [1.807, 2.05) is 12.1 Å². The Hall–Kier alpha value is -0.640. The minimum absolute atomic E-state index is 0.335. The Bertz CT molecular complexity index is 525. The van der Waals surface area contributed by atoms with Gasteiger partial charge in [0.25, 0.3) is 0 Å². The van der Waals surface area contributed by atoms with Crippen LogP contribution in [0.25, 0.3) is 0 Å². The third-order valence-corrected chi connectivity index (χ3v) is 3.84. The molecule has 94 valence electrons. The van der Waals surface area contributed by atoms with Crippen LogP contribution in [-0.4, -0.2) is 0 Å². The van der Waals surface area contributed by atoms with Crippen LogP contribution in [0.1, 0.15) is 24.1 Å². The zero-order valence-electron chi connectivity index (χ0n) is 10.2. The van der Waals surface area contributed by atoms with Crippen LogP contribution in [0.3, 0.4) is 0 Å². The summed E-state index contributed by atoms with van der Waals surface area (Å²) in [6, 6.07) is 17.1. The van der Waals surface area contributed by atoms with E-state index in [9.17, 15) is 0 Å². The minimum Gasteiger partial charge on any atom is -0.306 e. The molecule has 0 aliphatic carbocycles. The second kappa shape index (κ2) is 6.50. The van der Waals surface area contributed by atoms with Gasteiger partial charge in [0.2, 0.25) is 0 Å². The molecule has 0 heterocycles. The van der Waals surface area contributed by atoms with Gasteiger partial charge in [0.15, 0.2) is 0 Å². The van der Waals surface area contributed by atoms with Crippen LogP contribution in [0.2, 0.25) is 0 Å². The monoisotopic (exact) mass is 367 g/mol. The van der Waals surface area contributed by atoms with Gasteiger partial charge >= 0.3 is 0 Å². The average molecular weight is 369 g/mol. The topological polar surface area (TPSA) is 12.0 Å². The van der Waals surface area contributed by atoms with E-state index in [4.69, 9.17) is 0 Å². The van der Waals surface area contributed by atoms with Crippen molar-refractivity contribution in [2.24, 2.45) is 0 Å². The van der Waals surface area contributed by atoms with E-state index in [2.05, 4.69) is 80.5 Å². The maximum Gasteiger partial charge on any atom is 0.0295 e. The summed E-state index contributed by atoms with van der Waals surface area (Å²) in [5.74, 6) is 0. The zero-order chi connectivity index (χ0) is 13.0. The summed E-state index contributed by atoms with van der Waals surface area (Å²) in [6.45, 7) is 3.05. The molecule has 0 amide bonds. The van der Waals surface area contributed by atoms with Gasteiger partial charge in [-0.25, -0.2) is 0 Å². The van der Waals surface area contributed by atoms with Gasteiger partial charge in [0, 0.05) is 21.5 Å². The van der Waals surface area contributed by atoms with Gasteiger partial charge < -0.3 is 5.32 Å². The minimum atomic E-state index is 0.335. The number of benzene rings is 2. The molecule has 3 heteroatoms. The van der Waals surface area contributed by atoms with Gasteiger partial charge in [-0.15, -0.1) is 0 Å². The van der Waals surface area contributed by atoms with Crippen LogP contribution in [0.4, 0.5) is 0 Å². The Morgan fingerprint density at radius 2 is 1.67 bits per heavy atom. The molecule has 18 heavy (non-hydrogen) atoms. The number of nitrogens with one attached hydrogen (secondary N) is 1. The van der Waals surface area contributed by atoms with Crippen molar-refractivity contribution in [1.29, 1.82) is 0 Å². The van der Waals surface area contributed by atoms with Crippen molar-refractivity contribution in [1.82, 2.24) is 5.32 Å². The van der Waals surface area contributed by atoms with Crippen molar-refractivity contribution < 1.29 is 0 Å². The fraction of sp³-hybridized carbons (Fsp3) is 0.200. The SMILES string of the molecule is C[C@@H](NCc1cccc(Br)c1)c1cccc(Br)c1. The highest BCUT2D eigenvalue weighted by Gasteiger charge is 2.05. The Morgan fingerprint density at radius 3 is 2.33 bits per heavy atom. The third-order valence-electron chi connectivity index (χ3n) is 2.85. The van der Waals surface area contributed by atoms with Crippen molar-refractivity contribution >= 4 is 31.9 Å². The fourth-order valence-electron chi connectivity index (χ4n) is 1.81. The van der Waals surface area contributed by atoms with Gasteiger partial charge in [-0.3, -0.25) is 0 Å². The predicted octanol–water partition coefficient (Wildman–Crippen LogP) is 5.06. The second-order valence-corrected chi connectivity index (χ2v) is 6.12. The lowest BCUT2D eigenvalue weighted by atomic mass is 10.1. The van der Waals surface area contributed by atoms with E-state index in [-0.39, 0.29) is 0 Å². The molecule has 0 saturated carbocycles. The summed E-state index contributed by atoms with van der Waals surface area (Å²) in [7, 11) is 0. The number of halogens is 2. The summed E-state index contributed by atoms with van der Waals surface area (Å²) in [5.41, 5.74) is 2.57. The van der Waals surface area contributed by atoms with E-state index in [0.29, 0.717) is 6.04 Å². The highest BCUT2D eigenvalue weighted by atomic mass is 79.9. The standard InChI is InChI=1S/C15H15Br2N/c1-11(13-5-3-7-15(17)9-13)18-10-12-4-2-6-14(16)8-12/h2-9,11,18H,10H2,1H3/t11-/m1/s1. The Balaban J connectivity index is 1.98. The van der Waals surface area contributed by atoms with Crippen molar-refractivity contribution in [2.45, 2.75) is 19.5 Å². The van der Waals surface area contributed by atoms with Crippen LogP contribution in [-0.2, 0) is 6.54 Å². The average Bonchev–Trinajstić information content (AvgIpc) is 2.36. The maximum atomic E-state index is 3.53. The van der Waals surface area contributed by atoms with Crippen LogP contribution in [0, 0.1) is 0 Å². The first-order chi connectivity index (χ1) is 8.65. The molecule has 1 atom stereocenters. The summed E-state index contributed by atoms with van der Waals surface area (Å²) in [4.78, 5) is 0. The van der Waals surface area contributed by atoms with E-state index in [1.54, 1.807) is 0 Å². The lowest BCUT2D eigenvalue weighted by Gasteiger charge is -2.14. The summed E-state index contributed by atoms with van der Waals surface area (Å²) < 4.78 is 2.24. The molecule has 0 aliphatic rings. The quantitative estimate of drug-likeness (QED) is 0.794. The molecule has 0 fully saturated rings. The van der Waals surface area contributed by atoms with E-state index < -0.39 is 0 Å². The van der Waals surface area contributed by atoms with E-state index in [1.165, 1.54) is 11.1 Å². The Morgan fingerprint density at radius 1 is 1.00 bits per heavy atom. The lowest BCUT2D eigenvalue weighted by Crippen LogP contribution is -2.18. The number of hydrogen-bond donors (Lipinski definition) is 1. The van der Waals surface area contributed by atoms with Crippen molar-refractivity contribution in [3.8, 4) is 0 Å². The Labute approximate surface area is 125 Å². The molecule has 2 rings (SSSR count). The smallest absolute Gasteiger partial charge is 0.0295 e. The predicted molar refractivity (Wildman–Crippen MR) is 83.5 cm³/mol. The summed E-state index contributed by atoms with van der Waals surface area (Å²) in [5, 5.41) is 3.53.